The van der Waals surface area contributed by atoms with Gasteiger partial charge in [-0.3, -0.25) is 14.6 Å². The highest BCUT2D eigenvalue weighted by Gasteiger charge is 2.38. The highest BCUT2D eigenvalue weighted by molar-refractivity contribution is 6.31. The number of hydrogen-bond donors (Lipinski definition) is 2. The highest BCUT2D eigenvalue weighted by Crippen LogP contribution is 2.27. The first kappa shape index (κ1) is 18.2. The van der Waals surface area contributed by atoms with E-state index < -0.39 is 5.54 Å². The van der Waals surface area contributed by atoms with E-state index >= 15 is 0 Å². The number of carbonyl (C=O) groups is 2. The van der Waals surface area contributed by atoms with Crippen LogP contribution in [0.5, 0.6) is 0 Å². The molecule has 0 bridgehead atoms. The lowest BCUT2D eigenvalue weighted by molar-refractivity contribution is -0.121. The first-order chi connectivity index (χ1) is 13.4. The summed E-state index contributed by atoms with van der Waals surface area (Å²) in [5.41, 5.74) is 2.81. The Morgan fingerprint density at radius 3 is 2.36 bits per heavy atom. The zero-order chi connectivity index (χ0) is 19.7. The monoisotopic (exact) mass is 391 g/mol. The van der Waals surface area contributed by atoms with E-state index in [0.717, 1.165) is 16.7 Å². The Labute approximate surface area is 167 Å². The first-order valence-corrected chi connectivity index (χ1v) is 9.25. The molecule has 0 radical (unpaired) electrons. The van der Waals surface area contributed by atoms with Crippen LogP contribution in [0.3, 0.4) is 0 Å². The standard InChI is InChI=1S/C22H18ClN3O2/c1-22(13-14-2-4-15(5-3-14)16-8-10-24-11-9-16)21(28)25-19-7-6-17(23)12-18(19)20(27)26-22/h2-12H,13H2,1H3,(H,25,28)(H,26,27). The average molecular weight is 392 g/mol. The van der Waals surface area contributed by atoms with Crippen molar-refractivity contribution in [3.63, 3.8) is 0 Å². The summed E-state index contributed by atoms with van der Waals surface area (Å²) in [6.07, 6.45) is 3.86. The molecule has 6 heteroatoms. The van der Waals surface area contributed by atoms with Crippen LogP contribution in [0, 0.1) is 0 Å². The molecule has 1 aliphatic rings. The number of pyridine rings is 1. The summed E-state index contributed by atoms with van der Waals surface area (Å²) in [5, 5.41) is 6.15. The second-order valence-electron chi connectivity index (χ2n) is 7.04. The second-order valence-corrected chi connectivity index (χ2v) is 7.48. The lowest BCUT2D eigenvalue weighted by Crippen LogP contribution is -2.54. The van der Waals surface area contributed by atoms with Crippen molar-refractivity contribution < 1.29 is 9.59 Å². The van der Waals surface area contributed by atoms with Crippen molar-refractivity contribution in [3.05, 3.63) is 83.1 Å². The second kappa shape index (κ2) is 7.09. The van der Waals surface area contributed by atoms with Gasteiger partial charge in [0.1, 0.15) is 5.54 Å². The van der Waals surface area contributed by atoms with Gasteiger partial charge in [0, 0.05) is 23.8 Å². The Hall–Kier alpha value is -3.18. The number of benzene rings is 2. The van der Waals surface area contributed by atoms with Crippen molar-refractivity contribution in [1.29, 1.82) is 0 Å². The lowest BCUT2D eigenvalue weighted by atomic mass is 9.91. The topological polar surface area (TPSA) is 71.1 Å². The van der Waals surface area contributed by atoms with Crippen LogP contribution in [-0.4, -0.2) is 22.3 Å². The molecular weight excluding hydrogens is 374 g/mol. The number of carbonyl (C=O) groups excluding carboxylic acids is 2. The Morgan fingerprint density at radius 1 is 0.964 bits per heavy atom. The summed E-state index contributed by atoms with van der Waals surface area (Å²) in [4.78, 5) is 29.6. The number of anilines is 1. The van der Waals surface area contributed by atoms with Crippen molar-refractivity contribution in [2.45, 2.75) is 18.9 Å². The number of nitrogens with one attached hydrogen (secondary N) is 2. The lowest BCUT2D eigenvalue weighted by Gasteiger charge is -2.27. The average Bonchev–Trinajstić information content (AvgIpc) is 2.78. The Balaban J connectivity index is 1.59. The van der Waals surface area contributed by atoms with E-state index in [1.54, 1.807) is 37.5 Å². The van der Waals surface area contributed by atoms with Gasteiger partial charge in [-0.25, -0.2) is 0 Å². The van der Waals surface area contributed by atoms with E-state index in [0.29, 0.717) is 22.7 Å². The Kier molecular flexibility index (Phi) is 4.61. The van der Waals surface area contributed by atoms with Gasteiger partial charge in [0.15, 0.2) is 0 Å². The fraction of sp³-hybridized carbons (Fsp3) is 0.136. The Morgan fingerprint density at radius 2 is 1.64 bits per heavy atom. The van der Waals surface area contributed by atoms with Gasteiger partial charge in [-0.1, -0.05) is 35.9 Å². The van der Waals surface area contributed by atoms with Gasteiger partial charge in [-0.2, -0.15) is 0 Å². The van der Waals surface area contributed by atoms with Crippen molar-refractivity contribution in [3.8, 4) is 11.1 Å². The third kappa shape index (κ3) is 3.49. The maximum Gasteiger partial charge on any atom is 0.254 e. The van der Waals surface area contributed by atoms with Crippen molar-refractivity contribution >= 4 is 29.1 Å². The molecule has 140 valence electrons. The Bertz CT molecular complexity index is 1050. The molecule has 4 rings (SSSR count). The van der Waals surface area contributed by atoms with Crippen LogP contribution in [0.1, 0.15) is 22.8 Å². The SMILES string of the molecule is CC1(Cc2ccc(-c3ccncc3)cc2)NC(=O)c2cc(Cl)ccc2NC1=O. The molecule has 0 saturated heterocycles. The van der Waals surface area contributed by atoms with Gasteiger partial charge in [0.2, 0.25) is 5.91 Å². The van der Waals surface area contributed by atoms with Gasteiger partial charge in [0.25, 0.3) is 5.91 Å². The number of amides is 2. The minimum Gasteiger partial charge on any atom is -0.337 e. The van der Waals surface area contributed by atoms with Crippen LogP contribution >= 0.6 is 11.6 Å². The van der Waals surface area contributed by atoms with Crippen molar-refractivity contribution in [2.75, 3.05) is 5.32 Å². The molecule has 1 atom stereocenters. The van der Waals surface area contributed by atoms with Crippen molar-refractivity contribution in [1.82, 2.24) is 10.3 Å². The summed E-state index contributed by atoms with van der Waals surface area (Å²) in [6, 6.07) is 16.7. The zero-order valence-corrected chi connectivity index (χ0v) is 16.0. The molecule has 0 fully saturated rings. The summed E-state index contributed by atoms with van der Waals surface area (Å²) in [5.74, 6) is -0.591. The fourth-order valence-corrected chi connectivity index (χ4v) is 3.51. The molecule has 3 aromatic rings. The zero-order valence-electron chi connectivity index (χ0n) is 15.2. The van der Waals surface area contributed by atoms with E-state index in [1.807, 2.05) is 36.4 Å². The largest absolute Gasteiger partial charge is 0.337 e. The van der Waals surface area contributed by atoms with E-state index in [4.69, 9.17) is 11.6 Å². The van der Waals surface area contributed by atoms with Crippen LogP contribution in [0.15, 0.2) is 67.0 Å². The minimum atomic E-state index is -1.08. The van der Waals surface area contributed by atoms with Crippen LogP contribution in [0.4, 0.5) is 5.69 Å². The van der Waals surface area contributed by atoms with Crippen LogP contribution < -0.4 is 10.6 Å². The molecule has 0 spiro atoms. The molecule has 1 aromatic heterocycles. The van der Waals surface area contributed by atoms with E-state index in [2.05, 4.69) is 15.6 Å². The summed E-state index contributed by atoms with van der Waals surface area (Å²) in [6.45, 7) is 1.73. The molecule has 1 aliphatic heterocycles. The summed E-state index contributed by atoms with van der Waals surface area (Å²) >= 11 is 6.00. The van der Waals surface area contributed by atoms with E-state index in [1.165, 1.54) is 0 Å². The smallest absolute Gasteiger partial charge is 0.254 e. The van der Waals surface area contributed by atoms with Gasteiger partial charge in [-0.05, 0) is 53.9 Å². The number of halogens is 1. The number of aromatic nitrogens is 1. The maximum absolute atomic E-state index is 12.9. The van der Waals surface area contributed by atoms with Gasteiger partial charge in [-0.15, -0.1) is 0 Å². The van der Waals surface area contributed by atoms with E-state index in [-0.39, 0.29) is 11.8 Å². The minimum absolute atomic E-state index is 0.264. The van der Waals surface area contributed by atoms with Crippen LogP contribution in [0.25, 0.3) is 11.1 Å². The number of hydrogen-bond acceptors (Lipinski definition) is 3. The third-order valence-corrected chi connectivity index (χ3v) is 5.13. The number of nitrogens with zero attached hydrogens (tertiary/aromatic N) is 1. The first-order valence-electron chi connectivity index (χ1n) is 8.87. The summed E-state index contributed by atoms with van der Waals surface area (Å²) in [7, 11) is 0. The molecule has 2 N–H and O–H groups in total. The normalized spacial score (nSPS) is 18.6. The molecule has 28 heavy (non-hydrogen) atoms. The molecule has 2 aromatic carbocycles. The third-order valence-electron chi connectivity index (χ3n) is 4.89. The van der Waals surface area contributed by atoms with Gasteiger partial charge in [0.05, 0.1) is 11.3 Å². The predicted molar refractivity (Wildman–Crippen MR) is 109 cm³/mol. The van der Waals surface area contributed by atoms with Gasteiger partial charge >= 0.3 is 0 Å². The molecule has 0 aliphatic carbocycles. The predicted octanol–water partition coefficient (Wildman–Crippen LogP) is 4.09. The van der Waals surface area contributed by atoms with Crippen LogP contribution in [0.2, 0.25) is 5.02 Å². The van der Waals surface area contributed by atoms with Crippen molar-refractivity contribution in [2.24, 2.45) is 0 Å². The molecule has 1 unspecified atom stereocenters. The quantitative estimate of drug-likeness (QED) is 0.706. The highest BCUT2D eigenvalue weighted by atomic mass is 35.5. The number of fused-ring (bicyclic) bond motifs is 1. The van der Waals surface area contributed by atoms with Gasteiger partial charge < -0.3 is 10.6 Å². The number of rotatable bonds is 3. The molecule has 2 heterocycles. The molecule has 0 saturated carbocycles. The molecule has 2 amide bonds. The fourth-order valence-electron chi connectivity index (χ4n) is 3.34. The molecular formula is C22H18ClN3O2. The summed E-state index contributed by atoms with van der Waals surface area (Å²) < 4.78 is 0. The van der Waals surface area contributed by atoms with E-state index in [9.17, 15) is 9.59 Å². The molecule has 5 nitrogen and oxygen atoms in total. The van der Waals surface area contributed by atoms with Crippen LogP contribution in [-0.2, 0) is 11.2 Å². The maximum atomic E-state index is 12.9.